The average molecular weight is 667 g/mol. The van der Waals surface area contributed by atoms with Crippen molar-refractivity contribution >= 4 is 62.6 Å². The van der Waals surface area contributed by atoms with E-state index in [0.29, 0.717) is 11.3 Å². The van der Waals surface area contributed by atoms with Gasteiger partial charge in [-0.05, 0) is 60.8 Å². The van der Waals surface area contributed by atoms with Gasteiger partial charge < -0.3 is 9.63 Å². The third-order valence-corrected chi connectivity index (χ3v) is 8.15. The number of thiazole rings is 2. The Morgan fingerprint density at radius 2 is 1.30 bits per heavy atom. The van der Waals surface area contributed by atoms with Crippen LogP contribution in [-0.4, -0.2) is 49.9 Å². The number of nitrogens with zero attached hydrogens (tertiary/aromatic N) is 4. The van der Waals surface area contributed by atoms with Crippen LogP contribution in [0, 0.1) is 20.2 Å². The lowest BCUT2D eigenvalue weighted by Gasteiger charge is -2.18. The summed E-state index contributed by atoms with van der Waals surface area (Å²) < 4.78 is 28.0. The molecule has 2 amide bonds. The van der Waals surface area contributed by atoms with Crippen LogP contribution >= 0.6 is 30.5 Å². The minimum Gasteiger partial charge on any atom is -0.507 e. The first-order chi connectivity index (χ1) is 21.0. The van der Waals surface area contributed by atoms with Gasteiger partial charge in [-0.1, -0.05) is 24.3 Å². The van der Waals surface area contributed by atoms with E-state index < -0.39 is 29.5 Å². The van der Waals surface area contributed by atoms with E-state index in [1.54, 1.807) is 38.1 Å². The number of carbonyl (C=O) groups is 2. The van der Waals surface area contributed by atoms with Crippen LogP contribution in [0.3, 0.4) is 0 Å². The van der Waals surface area contributed by atoms with Crippen LogP contribution in [0.25, 0.3) is 0 Å². The zero-order valence-corrected chi connectivity index (χ0v) is 25.3. The van der Waals surface area contributed by atoms with Crippen molar-refractivity contribution in [2.24, 2.45) is 0 Å². The molecule has 17 nitrogen and oxygen atoms in total. The van der Waals surface area contributed by atoms with Crippen molar-refractivity contribution in [3.8, 4) is 11.5 Å². The first-order valence-electron chi connectivity index (χ1n) is 12.2. The lowest BCUT2D eigenvalue weighted by atomic mass is 10.2. The van der Waals surface area contributed by atoms with Gasteiger partial charge in [-0.2, -0.15) is 0 Å². The fourth-order valence-corrected chi connectivity index (χ4v) is 5.54. The molecule has 3 N–H and O–H groups in total. The topological polar surface area (TPSA) is 235 Å². The highest BCUT2D eigenvalue weighted by Crippen LogP contribution is 2.50. The van der Waals surface area contributed by atoms with Crippen LogP contribution in [0.15, 0.2) is 60.9 Å². The number of anilines is 2. The standard InChI is InChI=1S/C14H16N3O7PS.C10H7N3O4S/c1-3-22-25(21,23-4-2)24-11-8-6-5-7-10(11)13(18)16-14-15-9-12(26-14)17(19)20;14-7-4-2-1-3-6(7)9(15)12-10-11-5-8(18-10)13(16)17/h5-9H,3-4H2,1-2H3,(H,15,16,18);1-5,14H,(H,11,12,15). The van der Waals surface area contributed by atoms with Gasteiger partial charge >= 0.3 is 17.8 Å². The van der Waals surface area contributed by atoms with Gasteiger partial charge in [0.1, 0.15) is 23.9 Å². The number of phenolic OH excluding ortho intramolecular Hbond substituents is 1. The number of nitro groups is 2. The fourth-order valence-electron chi connectivity index (χ4n) is 3.07. The van der Waals surface area contributed by atoms with E-state index in [4.69, 9.17) is 13.6 Å². The molecule has 0 aliphatic carbocycles. The highest BCUT2D eigenvalue weighted by Gasteiger charge is 2.29. The van der Waals surface area contributed by atoms with Crippen molar-refractivity contribution in [3.05, 3.63) is 92.3 Å². The lowest BCUT2D eigenvalue weighted by molar-refractivity contribution is -0.380. The van der Waals surface area contributed by atoms with Crippen LogP contribution < -0.4 is 15.2 Å². The van der Waals surface area contributed by atoms with E-state index in [9.17, 15) is 39.5 Å². The Bertz CT molecular complexity index is 1690. The normalized spacial score (nSPS) is 10.7. The second kappa shape index (κ2) is 15.6. The molecule has 0 radical (unpaired) electrons. The lowest BCUT2D eigenvalue weighted by Crippen LogP contribution is -2.13. The summed E-state index contributed by atoms with van der Waals surface area (Å²) in [6, 6.07) is 12.0. The predicted molar refractivity (Wildman–Crippen MR) is 159 cm³/mol. The summed E-state index contributed by atoms with van der Waals surface area (Å²) in [7, 11) is -3.88. The van der Waals surface area contributed by atoms with Gasteiger partial charge in [0, 0.05) is 0 Å². The number of nitrogens with one attached hydrogen (secondary N) is 2. The largest absolute Gasteiger partial charge is 0.530 e. The summed E-state index contributed by atoms with van der Waals surface area (Å²) in [5.74, 6) is -1.39. The number of hydrogen-bond acceptors (Lipinski definition) is 15. The number of rotatable bonds is 12. The Morgan fingerprint density at radius 3 is 1.75 bits per heavy atom. The number of phosphoric acid groups is 1. The predicted octanol–water partition coefficient (Wildman–Crippen LogP) is 5.87. The summed E-state index contributed by atoms with van der Waals surface area (Å²) in [5, 5.41) is 35.2. The number of carbonyl (C=O) groups excluding carboxylic acids is 2. The highest BCUT2D eigenvalue weighted by atomic mass is 32.1. The van der Waals surface area contributed by atoms with E-state index in [1.807, 2.05) is 0 Å². The third-order valence-electron chi connectivity index (χ3n) is 4.85. The summed E-state index contributed by atoms with van der Waals surface area (Å²) in [6.45, 7) is 3.44. The molecule has 0 aliphatic heterocycles. The second-order valence-corrected chi connectivity index (χ2v) is 11.4. The Kier molecular flexibility index (Phi) is 11.9. The van der Waals surface area contributed by atoms with Crippen molar-refractivity contribution in [3.63, 3.8) is 0 Å². The van der Waals surface area contributed by atoms with Gasteiger partial charge in [-0.15, -0.1) is 0 Å². The maximum Gasteiger partial charge on any atom is 0.530 e. The van der Waals surface area contributed by atoms with Gasteiger partial charge in [-0.25, -0.2) is 14.5 Å². The third kappa shape index (κ3) is 9.35. The Labute approximate surface area is 256 Å². The number of amides is 2. The van der Waals surface area contributed by atoms with Crippen molar-refractivity contribution in [1.82, 2.24) is 9.97 Å². The van der Waals surface area contributed by atoms with Crippen molar-refractivity contribution in [2.45, 2.75) is 13.8 Å². The first-order valence-corrected chi connectivity index (χ1v) is 15.3. The van der Waals surface area contributed by atoms with Crippen molar-refractivity contribution < 1.29 is 42.7 Å². The number of para-hydroxylation sites is 2. The Hall–Kier alpha value is -4.81. The molecule has 0 atom stereocenters. The zero-order chi connectivity index (χ0) is 32.3. The second-order valence-electron chi connectivity index (χ2n) is 7.82. The molecule has 44 heavy (non-hydrogen) atoms. The average Bonchev–Trinajstić information content (AvgIpc) is 3.64. The molecular weight excluding hydrogens is 643 g/mol. The van der Waals surface area contributed by atoms with Gasteiger partial charge in [0.25, 0.3) is 11.8 Å². The first kappa shape index (κ1) is 33.7. The van der Waals surface area contributed by atoms with E-state index in [1.165, 1.54) is 24.3 Å². The molecule has 0 unspecified atom stereocenters. The van der Waals surface area contributed by atoms with E-state index in [-0.39, 0.29) is 56.1 Å². The molecule has 2 aromatic heterocycles. The zero-order valence-electron chi connectivity index (χ0n) is 22.8. The summed E-state index contributed by atoms with van der Waals surface area (Å²) >= 11 is 1.46. The van der Waals surface area contributed by atoms with E-state index in [0.717, 1.165) is 23.7 Å². The molecule has 0 spiro atoms. The number of aromatic nitrogens is 2. The van der Waals surface area contributed by atoms with Gasteiger partial charge in [0.2, 0.25) is 0 Å². The molecule has 4 aromatic rings. The fraction of sp³-hybridized carbons (Fsp3) is 0.167. The smallest absolute Gasteiger partial charge is 0.507 e. The molecular formula is C24H23N6O11PS2. The maximum absolute atomic E-state index is 12.5. The van der Waals surface area contributed by atoms with E-state index in [2.05, 4.69) is 20.6 Å². The molecule has 20 heteroatoms. The maximum atomic E-state index is 12.5. The number of phosphoric ester groups is 1. The van der Waals surface area contributed by atoms with Gasteiger partial charge in [-0.3, -0.25) is 49.5 Å². The quantitative estimate of drug-likeness (QED) is 0.0912. The van der Waals surface area contributed by atoms with Crippen LogP contribution in [-0.2, 0) is 13.6 Å². The summed E-state index contributed by atoms with van der Waals surface area (Å²) in [6.07, 6.45) is 2.10. The monoisotopic (exact) mass is 666 g/mol. The molecule has 232 valence electrons. The van der Waals surface area contributed by atoms with Crippen LogP contribution in [0.4, 0.5) is 20.3 Å². The number of aromatic hydroxyl groups is 1. The summed E-state index contributed by atoms with van der Waals surface area (Å²) in [5.41, 5.74) is 0.125. The van der Waals surface area contributed by atoms with Gasteiger partial charge in [0.15, 0.2) is 10.3 Å². The van der Waals surface area contributed by atoms with Crippen LogP contribution in [0.5, 0.6) is 11.5 Å². The van der Waals surface area contributed by atoms with Crippen molar-refractivity contribution in [2.75, 3.05) is 23.8 Å². The van der Waals surface area contributed by atoms with E-state index >= 15 is 0 Å². The molecule has 0 saturated heterocycles. The number of phenols is 1. The number of hydrogen-bond donors (Lipinski definition) is 3. The highest BCUT2D eigenvalue weighted by molar-refractivity contribution is 7.48. The molecule has 0 fully saturated rings. The number of benzene rings is 2. The Morgan fingerprint density at radius 1 is 0.841 bits per heavy atom. The molecule has 2 aromatic carbocycles. The van der Waals surface area contributed by atoms with Crippen molar-refractivity contribution in [1.29, 1.82) is 0 Å². The van der Waals surface area contributed by atoms with Crippen LogP contribution in [0.1, 0.15) is 34.6 Å². The molecule has 0 saturated carbocycles. The Balaban J connectivity index is 0.000000257. The van der Waals surface area contributed by atoms with Gasteiger partial charge in [0.05, 0.1) is 34.2 Å². The minimum absolute atomic E-state index is 0.0127. The minimum atomic E-state index is -3.88. The van der Waals surface area contributed by atoms with Crippen LogP contribution in [0.2, 0.25) is 0 Å². The SMILES string of the molecule is CCOP(=O)(OCC)Oc1ccccc1C(=O)Nc1ncc([N+](=O)[O-])s1.O=C(Nc1ncc([N+](=O)[O-])s1)c1ccccc1O. The molecule has 0 bridgehead atoms. The molecule has 4 rings (SSSR count). The molecule has 2 heterocycles. The summed E-state index contributed by atoms with van der Waals surface area (Å²) in [4.78, 5) is 51.6. The molecule has 0 aliphatic rings.